The molecule has 0 atom stereocenters. The van der Waals surface area contributed by atoms with Crippen LogP contribution in [-0.4, -0.2) is 30.0 Å². The van der Waals surface area contributed by atoms with Crippen LogP contribution in [0, 0.1) is 0 Å². The van der Waals surface area contributed by atoms with Crippen LogP contribution in [0.5, 0.6) is 0 Å². The third-order valence-corrected chi connectivity index (χ3v) is 6.64. The second-order valence-electron chi connectivity index (χ2n) is 7.65. The highest BCUT2D eigenvalue weighted by Gasteiger charge is 2.16. The molecule has 1 aromatic heterocycles. The van der Waals surface area contributed by atoms with E-state index in [-0.39, 0.29) is 29.5 Å². The number of imidazole rings is 1. The number of carbonyl (C=O) groups is 1. The van der Waals surface area contributed by atoms with E-state index in [0.717, 1.165) is 30.3 Å². The van der Waals surface area contributed by atoms with Gasteiger partial charge in [-0.25, -0.2) is 17.9 Å². The van der Waals surface area contributed by atoms with Crippen LogP contribution in [0.2, 0.25) is 0 Å². The molecule has 0 aliphatic rings. The molecule has 9 heteroatoms. The van der Waals surface area contributed by atoms with E-state index in [1.165, 1.54) is 12.1 Å². The van der Waals surface area contributed by atoms with E-state index in [0.29, 0.717) is 18.8 Å². The van der Waals surface area contributed by atoms with Crippen molar-refractivity contribution in [2.45, 2.75) is 57.5 Å². The highest BCUT2D eigenvalue weighted by Crippen LogP contribution is 2.17. The van der Waals surface area contributed by atoms with E-state index >= 15 is 0 Å². The predicted octanol–water partition coefficient (Wildman–Crippen LogP) is 3.32. The number of para-hydroxylation sites is 2. The Bertz CT molecular complexity index is 1240. The summed E-state index contributed by atoms with van der Waals surface area (Å²) in [6.45, 7) is 5.22. The summed E-state index contributed by atoms with van der Waals surface area (Å²) >= 11 is 0. The van der Waals surface area contributed by atoms with Crippen LogP contribution >= 0.6 is 0 Å². The number of carbonyl (C=O) groups excluding carboxylic acids is 1. The number of nitrogens with one attached hydrogen (secondary N) is 2. The van der Waals surface area contributed by atoms with Crippen molar-refractivity contribution in [2.75, 3.05) is 11.9 Å². The molecule has 32 heavy (non-hydrogen) atoms. The summed E-state index contributed by atoms with van der Waals surface area (Å²) in [6.07, 6.45) is 2.56. The van der Waals surface area contributed by atoms with Crippen molar-refractivity contribution >= 4 is 32.7 Å². The zero-order valence-corrected chi connectivity index (χ0v) is 19.3. The molecule has 3 aromatic rings. The summed E-state index contributed by atoms with van der Waals surface area (Å²) in [4.78, 5) is 25.5. The highest BCUT2D eigenvalue weighted by atomic mass is 32.2. The third-order valence-electron chi connectivity index (χ3n) is 5.19. The molecule has 0 radical (unpaired) electrons. The number of aryl methyl sites for hydroxylation is 2. The van der Waals surface area contributed by atoms with E-state index in [4.69, 9.17) is 0 Å². The van der Waals surface area contributed by atoms with Gasteiger partial charge in [0.1, 0.15) is 0 Å². The maximum absolute atomic E-state index is 12.8. The van der Waals surface area contributed by atoms with Gasteiger partial charge in [-0.1, -0.05) is 38.5 Å². The van der Waals surface area contributed by atoms with Crippen LogP contribution in [0.1, 0.15) is 39.5 Å². The SMILES string of the molecule is CCCCNS(=O)(=O)c1cccc(NC(=O)CCn2c(=O)n(CCC)c3ccccc32)c1. The van der Waals surface area contributed by atoms with Crippen molar-refractivity contribution in [3.8, 4) is 0 Å². The van der Waals surface area contributed by atoms with Gasteiger partial charge in [-0.15, -0.1) is 0 Å². The molecule has 0 aliphatic heterocycles. The molecular formula is C23H30N4O4S. The second-order valence-corrected chi connectivity index (χ2v) is 9.42. The Morgan fingerprint density at radius 1 is 0.938 bits per heavy atom. The van der Waals surface area contributed by atoms with Gasteiger partial charge in [0.15, 0.2) is 0 Å². The summed E-state index contributed by atoms with van der Waals surface area (Å²) in [5.74, 6) is -0.294. The van der Waals surface area contributed by atoms with Crippen LogP contribution < -0.4 is 15.7 Å². The normalized spacial score (nSPS) is 11.7. The van der Waals surface area contributed by atoms with E-state index < -0.39 is 10.0 Å². The lowest BCUT2D eigenvalue weighted by molar-refractivity contribution is -0.116. The van der Waals surface area contributed by atoms with Gasteiger partial charge in [0, 0.05) is 31.7 Å². The molecule has 0 saturated heterocycles. The van der Waals surface area contributed by atoms with E-state index in [9.17, 15) is 18.0 Å². The number of fused-ring (bicyclic) bond motifs is 1. The van der Waals surface area contributed by atoms with Crippen molar-refractivity contribution in [3.05, 3.63) is 59.0 Å². The molecule has 0 fully saturated rings. The fraction of sp³-hybridized carbons (Fsp3) is 0.391. The second kappa shape index (κ2) is 10.6. The maximum atomic E-state index is 12.8. The molecule has 0 unspecified atom stereocenters. The largest absolute Gasteiger partial charge is 0.329 e. The minimum Gasteiger partial charge on any atom is -0.326 e. The topological polar surface area (TPSA) is 102 Å². The number of hydrogen-bond acceptors (Lipinski definition) is 4. The number of hydrogen-bond donors (Lipinski definition) is 2. The van der Waals surface area contributed by atoms with Crippen LogP contribution in [0.4, 0.5) is 5.69 Å². The molecule has 0 bridgehead atoms. The zero-order valence-electron chi connectivity index (χ0n) is 18.5. The molecule has 3 rings (SSSR count). The van der Waals surface area contributed by atoms with Crippen LogP contribution in [0.3, 0.4) is 0 Å². The lowest BCUT2D eigenvalue weighted by Crippen LogP contribution is -2.26. The van der Waals surface area contributed by atoms with Crippen molar-refractivity contribution in [1.82, 2.24) is 13.9 Å². The van der Waals surface area contributed by atoms with Crippen molar-refractivity contribution in [1.29, 1.82) is 0 Å². The van der Waals surface area contributed by atoms with Gasteiger partial charge in [-0.2, -0.15) is 0 Å². The van der Waals surface area contributed by atoms with Gasteiger partial charge >= 0.3 is 5.69 Å². The Balaban J connectivity index is 1.70. The van der Waals surface area contributed by atoms with Crippen LogP contribution in [-0.2, 0) is 27.9 Å². The molecule has 2 N–H and O–H groups in total. The van der Waals surface area contributed by atoms with Crippen LogP contribution in [0.15, 0.2) is 58.2 Å². The Hall–Kier alpha value is -2.91. The first-order chi connectivity index (χ1) is 15.4. The summed E-state index contributed by atoms with van der Waals surface area (Å²) in [5, 5.41) is 2.74. The van der Waals surface area contributed by atoms with Gasteiger partial charge in [-0.05, 0) is 43.2 Å². The minimum atomic E-state index is -3.63. The molecule has 0 aliphatic carbocycles. The van der Waals surface area contributed by atoms with Gasteiger partial charge < -0.3 is 5.32 Å². The monoisotopic (exact) mass is 458 g/mol. The summed E-state index contributed by atoms with van der Waals surface area (Å²) < 4.78 is 30.7. The molecule has 172 valence electrons. The van der Waals surface area contributed by atoms with Crippen LogP contribution in [0.25, 0.3) is 11.0 Å². The third kappa shape index (κ3) is 5.46. The first-order valence-corrected chi connectivity index (χ1v) is 12.4. The molecular weight excluding hydrogens is 428 g/mol. The summed E-state index contributed by atoms with van der Waals surface area (Å²) in [6, 6.07) is 13.7. The van der Waals surface area contributed by atoms with Gasteiger partial charge in [0.05, 0.1) is 15.9 Å². The van der Waals surface area contributed by atoms with E-state index in [1.807, 2.05) is 38.1 Å². The maximum Gasteiger partial charge on any atom is 0.329 e. The number of nitrogens with zero attached hydrogens (tertiary/aromatic N) is 2. The van der Waals surface area contributed by atoms with E-state index in [2.05, 4.69) is 10.0 Å². The smallest absolute Gasteiger partial charge is 0.326 e. The van der Waals surface area contributed by atoms with Gasteiger partial charge in [0.2, 0.25) is 15.9 Å². The average molecular weight is 459 g/mol. The predicted molar refractivity (Wildman–Crippen MR) is 126 cm³/mol. The lowest BCUT2D eigenvalue weighted by atomic mass is 10.3. The minimum absolute atomic E-state index is 0.0891. The highest BCUT2D eigenvalue weighted by molar-refractivity contribution is 7.89. The molecule has 1 amide bonds. The average Bonchev–Trinajstić information content (AvgIpc) is 3.04. The quantitative estimate of drug-likeness (QED) is 0.430. The number of unbranched alkanes of at least 4 members (excludes halogenated alkanes) is 1. The number of aromatic nitrogens is 2. The fourth-order valence-electron chi connectivity index (χ4n) is 3.57. The summed E-state index contributed by atoms with van der Waals surface area (Å²) in [5.41, 5.74) is 1.92. The standard InChI is InChI=1S/C23H30N4O4S/c1-3-5-14-24-32(30,31)19-10-8-9-18(17-19)25-22(28)13-16-27-21-12-7-6-11-20(21)26(15-4-2)23(27)29/h6-12,17,24H,3-5,13-16H2,1-2H3,(H,25,28). The first-order valence-electron chi connectivity index (χ1n) is 10.9. The zero-order chi connectivity index (χ0) is 23.1. The Kier molecular flexibility index (Phi) is 7.87. The van der Waals surface area contributed by atoms with Gasteiger partial charge in [-0.3, -0.25) is 13.9 Å². The molecule has 0 saturated carbocycles. The summed E-state index contributed by atoms with van der Waals surface area (Å²) in [7, 11) is -3.63. The fourth-order valence-corrected chi connectivity index (χ4v) is 4.69. The number of benzene rings is 2. The van der Waals surface area contributed by atoms with Crippen molar-refractivity contribution in [3.63, 3.8) is 0 Å². The number of amides is 1. The van der Waals surface area contributed by atoms with E-state index in [1.54, 1.807) is 21.3 Å². The molecule has 8 nitrogen and oxygen atoms in total. The van der Waals surface area contributed by atoms with Gasteiger partial charge in [0.25, 0.3) is 0 Å². The first kappa shape index (κ1) is 23.7. The molecule has 0 spiro atoms. The number of sulfonamides is 1. The van der Waals surface area contributed by atoms with Crippen molar-refractivity contribution < 1.29 is 13.2 Å². The number of anilines is 1. The number of rotatable bonds is 11. The molecule has 2 aromatic carbocycles. The van der Waals surface area contributed by atoms with Crippen molar-refractivity contribution in [2.24, 2.45) is 0 Å². The Morgan fingerprint density at radius 2 is 1.62 bits per heavy atom. The molecule has 1 heterocycles. The Morgan fingerprint density at radius 3 is 2.28 bits per heavy atom. The Labute approximate surface area is 188 Å². The lowest BCUT2D eigenvalue weighted by Gasteiger charge is -2.09.